The van der Waals surface area contributed by atoms with Crippen LogP contribution in [-0.2, 0) is 0 Å². The molecule has 0 aliphatic rings. The van der Waals surface area contributed by atoms with E-state index in [1.165, 1.54) is 0 Å². The molecule has 2 aromatic carbocycles. The highest BCUT2D eigenvalue weighted by Gasteiger charge is 2.19. The average Bonchev–Trinajstić information content (AvgIpc) is 2.52. The fraction of sp³-hybridized carbons (Fsp3) is 0.294. The van der Waals surface area contributed by atoms with E-state index in [4.69, 9.17) is 14.2 Å². The molecule has 4 heteroatoms. The van der Waals surface area contributed by atoms with Gasteiger partial charge in [-0.2, -0.15) is 0 Å². The molecule has 0 saturated heterocycles. The number of rotatable bonds is 5. The quantitative estimate of drug-likeness (QED) is 0.918. The van der Waals surface area contributed by atoms with Crippen LogP contribution in [0, 0.1) is 6.92 Å². The molecule has 0 fully saturated rings. The number of aryl methyl sites for hydroxylation is 1. The van der Waals surface area contributed by atoms with E-state index in [9.17, 15) is 5.11 Å². The molecule has 0 radical (unpaired) electrons. The Balaban J connectivity index is 2.51. The van der Waals surface area contributed by atoms with Crippen molar-refractivity contribution in [3.8, 4) is 17.2 Å². The fourth-order valence-corrected chi connectivity index (χ4v) is 2.29. The maximum atomic E-state index is 10.6. The zero-order chi connectivity index (χ0) is 15.4. The number of hydrogen-bond donors (Lipinski definition) is 1. The fourth-order valence-electron chi connectivity index (χ4n) is 2.29. The predicted molar refractivity (Wildman–Crippen MR) is 81.3 cm³/mol. The van der Waals surface area contributed by atoms with Crippen molar-refractivity contribution in [3.05, 3.63) is 53.1 Å². The Morgan fingerprint density at radius 3 is 2.05 bits per heavy atom. The summed E-state index contributed by atoms with van der Waals surface area (Å²) in [7, 11) is 4.69. The van der Waals surface area contributed by atoms with E-state index < -0.39 is 6.10 Å². The molecule has 0 saturated carbocycles. The van der Waals surface area contributed by atoms with Gasteiger partial charge in [-0.1, -0.05) is 29.8 Å². The SMILES string of the molecule is COc1cc(OC)c(C(O)c2cccc(C)c2)cc1OC. The standard InChI is InChI=1S/C17H20O4/c1-11-6-5-7-12(8-11)17(18)13-9-15(20-3)16(21-4)10-14(13)19-2/h5-10,17-18H,1-4H3. The molecule has 0 spiro atoms. The first-order chi connectivity index (χ1) is 10.1. The normalized spacial score (nSPS) is 11.9. The highest BCUT2D eigenvalue weighted by atomic mass is 16.5. The minimum Gasteiger partial charge on any atom is -0.496 e. The minimum atomic E-state index is -0.792. The summed E-state index contributed by atoms with van der Waals surface area (Å²) < 4.78 is 15.9. The minimum absolute atomic E-state index is 0.556. The lowest BCUT2D eigenvalue weighted by molar-refractivity contribution is 0.213. The highest BCUT2D eigenvalue weighted by Crippen LogP contribution is 2.39. The first-order valence-electron chi connectivity index (χ1n) is 6.65. The summed E-state index contributed by atoms with van der Waals surface area (Å²) in [6.07, 6.45) is -0.792. The molecular formula is C17H20O4. The van der Waals surface area contributed by atoms with Gasteiger partial charge < -0.3 is 19.3 Å². The van der Waals surface area contributed by atoms with Gasteiger partial charge in [-0.25, -0.2) is 0 Å². The Labute approximate surface area is 124 Å². The zero-order valence-electron chi connectivity index (χ0n) is 12.7. The number of ether oxygens (including phenoxy) is 3. The molecule has 0 aromatic heterocycles. The van der Waals surface area contributed by atoms with Crippen molar-refractivity contribution in [3.63, 3.8) is 0 Å². The van der Waals surface area contributed by atoms with Crippen molar-refractivity contribution in [2.45, 2.75) is 13.0 Å². The van der Waals surface area contributed by atoms with Crippen LogP contribution in [0.25, 0.3) is 0 Å². The summed E-state index contributed by atoms with van der Waals surface area (Å²) in [5.41, 5.74) is 2.53. The lowest BCUT2D eigenvalue weighted by Crippen LogP contribution is -2.04. The lowest BCUT2D eigenvalue weighted by atomic mass is 9.98. The molecule has 1 unspecified atom stereocenters. The van der Waals surface area contributed by atoms with Crippen LogP contribution >= 0.6 is 0 Å². The van der Waals surface area contributed by atoms with E-state index in [0.29, 0.717) is 22.8 Å². The molecule has 21 heavy (non-hydrogen) atoms. The van der Waals surface area contributed by atoms with E-state index in [0.717, 1.165) is 11.1 Å². The number of aliphatic hydroxyl groups excluding tert-OH is 1. The van der Waals surface area contributed by atoms with Crippen LogP contribution in [0.15, 0.2) is 36.4 Å². The van der Waals surface area contributed by atoms with Gasteiger partial charge in [-0.05, 0) is 18.6 Å². The van der Waals surface area contributed by atoms with E-state index in [1.54, 1.807) is 33.5 Å². The maximum Gasteiger partial charge on any atom is 0.164 e. The van der Waals surface area contributed by atoms with E-state index in [-0.39, 0.29) is 0 Å². The van der Waals surface area contributed by atoms with Crippen molar-refractivity contribution < 1.29 is 19.3 Å². The third kappa shape index (κ3) is 3.11. The van der Waals surface area contributed by atoms with Crippen LogP contribution < -0.4 is 14.2 Å². The Kier molecular flexibility index (Phi) is 4.70. The molecule has 0 bridgehead atoms. The molecule has 1 atom stereocenters. The second kappa shape index (κ2) is 6.50. The first kappa shape index (κ1) is 15.2. The molecule has 0 amide bonds. The third-order valence-corrected chi connectivity index (χ3v) is 3.39. The van der Waals surface area contributed by atoms with E-state index in [1.807, 2.05) is 31.2 Å². The largest absolute Gasteiger partial charge is 0.496 e. The molecule has 0 aliphatic heterocycles. The first-order valence-corrected chi connectivity index (χ1v) is 6.65. The molecule has 1 N–H and O–H groups in total. The summed E-state index contributed by atoms with van der Waals surface area (Å²) in [6.45, 7) is 1.99. The Morgan fingerprint density at radius 1 is 0.857 bits per heavy atom. The van der Waals surface area contributed by atoms with Crippen LogP contribution in [0.5, 0.6) is 17.2 Å². The molecular weight excluding hydrogens is 268 g/mol. The molecule has 112 valence electrons. The van der Waals surface area contributed by atoms with Gasteiger partial charge in [-0.15, -0.1) is 0 Å². The van der Waals surface area contributed by atoms with Crippen LogP contribution in [-0.4, -0.2) is 26.4 Å². The highest BCUT2D eigenvalue weighted by molar-refractivity contribution is 5.53. The van der Waals surface area contributed by atoms with Gasteiger partial charge in [0.05, 0.1) is 21.3 Å². The molecule has 4 nitrogen and oxygen atoms in total. The van der Waals surface area contributed by atoms with Crippen LogP contribution in [0.3, 0.4) is 0 Å². The van der Waals surface area contributed by atoms with Gasteiger partial charge in [0.2, 0.25) is 0 Å². The van der Waals surface area contributed by atoms with E-state index >= 15 is 0 Å². The number of benzene rings is 2. The van der Waals surface area contributed by atoms with Crippen LogP contribution in [0.4, 0.5) is 0 Å². The number of hydrogen-bond acceptors (Lipinski definition) is 4. The van der Waals surface area contributed by atoms with Gasteiger partial charge in [-0.3, -0.25) is 0 Å². The average molecular weight is 288 g/mol. The molecule has 2 aromatic rings. The van der Waals surface area contributed by atoms with Gasteiger partial charge in [0.15, 0.2) is 11.5 Å². The smallest absolute Gasteiger partial charge is 0.164 e. The number of aliphatic hydroxyl groups is 1. The van der Waals surface area contributed by atoms with Crippen LogP contribution in [0.1, 0.15) is 22.8 Å². The second-order valence-electron chi connectivity index (χ2n) is 4.77. The Bertz CT molecular complexity index is 622. The van der Waals surface area contributed by atoms with Crippen molar-refractivity contribution in [2.75, 3.05) is 21.3 Å². The monoisotopic (exact) mass is 288 g/mol. The van der Waals surface area contributed by atoms with Crippen molar-refractivity contribution in [1.29, 1.82) is 0 Å². The van der Waals surface area contributed by atoms with Gasteiger partial charge >= 0.3 is 0 Å². The summed E-state index contributed by atoms with van der Waals surface area (Å²) in [5.74, 6) is 1.68. The zero-order valence-corrected chi connectivity index (χ0v) is 12.7. The Morgan fingerprint density at radius 2 is 1.48 bits per heavy atom. The number of methoxy groups -OCH3 is 3. The molecule has 0 heterocycles. The summed E-state index contributed by atoms with van der Waals surface area (Å²) in [5, 5.41) is 10.6. The Hall–Kier alpha value is -2.20. The molecule has 0 aliphatic carbocycles. The topological polar surface area (TPSA) is 47.9 Å². The maximum absolute atomic E-state index is 10.6. The van der Waals surface area contributed by atoms with Crippen LogP contribution in [0.2, 0.25) is 0 Å². The predicted octanol–water partition coefficient (Wildman–Crippen LogP) is 3.10. The molecule has 2 rings (SSSR count). The third-order valence-electron chi connectivity index (χ3n) is 3.39. The van der Waals surface area contributed by atoms with E-state index in [2.05, 4.69) is 0 Å². The van der Waals surface area contributed by atoms with Crippen molar-refractivity contribution in [1.82, 2.24) is 0 Å². The van der Waals surface area contributed by atoms with Crippen molar-refractivity contribution >= 4 is 0 Å². The van der Waals surface area contributed by atoms with Gasteiger partial charge in [0, 0.05) is 11.6 Å². The lowest BCUT2D eigenvalue weighted by Gasteiger charge is -2.18. The van der Waals surface area contributed by atoms with Crippen molar-refractivity contribution in [2.24, 2.45) is 0 Å². The summed E-state index contributed by atoms with van der Waals surface area (Å²) in [4.78, 5) is 0. The van der Waals surface area contributed by atoms with Gasteiger partial charge in [0.25, 0.3) is 0 Å². The summed E-state index contributed by atoms with van der Waals surface area (Å²) in [6, 6.07) is 11.2. The summed E-state index contributed by atoms with van der Waals surface area (Å²) >= 11 is 0. The van der Waals surface area contributed by atoms with Gasteiger partial charge in [0.1, 0.15) is 11.9 Å². The second-order valence-corrected chi connectivity index (χ2v) is 4.77.